The molecule has 3 aromatic rings. The molecular formula is C26H23FN4O4. The van der Waals surface area contributed by atoms with Gasteiger partial charge >= 0.3 is 0 Å². The first-order chi connectivity index (χ1) is 16.9. The number of aryl methyl sites for hydroxylation is 1. The summed E-state index contributed by atoms with van der Waals surface area (Å²) in [7, 11) is 2.00. The van der Waals surface area contributed by atoms with Crippen molar-refractivity contribution in [1.29, 1.82) is 0 Å². The first kappa shape index (κ1) is 24.0. The number of rotatable bonds is 5. The summed E-state index contributed by atoms with van der Waals surface area (Å²) in [5, 5.41) is 0.117. The van der Waals surface area contributed by atoms with Crippen LogP contribution in [0.4, 0.5) is 10.2 Å². The van der Waals surface area contributed by atoms with Gasteiger partial charge < -0.3 is 14.4 Å². The summed E-state index contributed by atoms with van der Waals surface area (Å²) in [6.45, 7) is 5.07. The lowest BCUT2D eigenvalue weighted by molar-refractivity contribution is 0.104. The van der Waals surface area contributed by atoms with Crippen LogP contribution >= 0.6 is 0 Å². The molecule has 0 amide bonds. The van der Waals surface area contributed by atoms with Crippen molar-refractivity contribution in [3.8, 4) is 0 Å². The lowest BCUT2D eigenvalue weighted by Gasteiger charge is -2.33. The van der Waals surface area contributed by atoms with Gasteiger partial charge in [-0.1, -0.05) is 12.1 Å². The standard InChI is InChI=1S/C26H23FN4O4/c1-3-30-14-21(23(34)7-5-17-4-6-18(15-32)19(12-17)16-33)24(35)20-13-22(27)26(28-25(20)30)31-10-8-29(2)9-11-31/h4-7,12-14H,3,8-11H2,1-2H3. The lowest BCUT2D eigenvalue weighted by atomic mass is 10.1. The third-order valence-corrected chi connectivity index (χ3v) is 6.08. The number of piperazine rings is 1. The summed E-state index contributed by atoms with van der Waals surface area (Å²) in [5.74, 6) is 2.31. The van der Waals surface area contributed by atoms with Crippen molar-refractivity contribution >= 4 is 40.6 Å². The second-order valence-corrected chi connectivity index (χ2v) is 8.32. The van der Waals surface area contributed by atoms with Gasteiger partial charge in [0.2, 0.25) is 5.43 Å². The molecule has 4 rings (SSSR count). The van der Waals surface area contributed by atoms with E-state index in [1.807, 2.05) is 18.9 Å². The van der Waals surface area contributed by atoms with Crippen LogP contribution < -0.4 is 20.8 Å². The van der Waals surface area contributed by atoms with Gasteiger partial charge in [-0.2, -0.15) is 0 Å². The molecule has 2 aromatic heterocycles. The minimum absolute atomic E-state index is 0.0198. The normalized spacial score (nSPS) is 14.3. The van der Waals surface area contributed by atoms with Crippen molar-refractivity contribution in [2.45, 2.75) is 13.5 Å². The molecule has 0 aliphatic carbocycles. The van der Waals surface area contributed by atoms with Crippen LogP contribution in [0.15, 0.2) is 41.3 Å². The summed E-state index contributed by atoms with van der Waals surface area (Å²) in [6.07, 6.45) is 4.05. The van der Waals surface area contributed by atoms with E-state index >= 15 is 4.39 Å². The van der Waals surface area contributed by atoms with Crippen molar-refractivity contribution in [2.75, 3.05) is 38.1 Å². The monoisotopic (exact) mass is 474 g/mol. The average Bonchev–Trinajstić information content (AvgIpc) is 2.87. The number of halogens is 1. The Kier molecular flexibility index (Phi) is 6.85. The van der Waals surface area contributed by atoms with Gasteiger partial charge in [-0.3, -0.25) is 9.59 Å². The van der Waals surface area contributed by atoms with Crippen molar-refractivity contribution in [2.24, 2.45) is 0 Å². The van der Waals surface area contributed by atoms with E-state index in [1.165, 1.54) is 36.5 Å². The summed E-state index contributed by atoms with van der Waals surface area (Å²) in [6, 6.07) is 5.48. The van der Waals surface area contributed by atoms with Gasteiger partial charge in [0.1, 0.15) is 17.5 Å². The highest BCUT2D eigenvalue weighted by Crippen LogP contribution is 2.22. The fourth-order valence-electron chi connectivity index (χ4n) is 4.03. The molecule has 0 N–H and O–H groups in total. The summed E-state index contributed by atoms with van der Waals surface area (Å²) in [5.41, 5.74) is 0.0599. The summed E-state index contributed by atoms with van der Waals surface area (Å²) >= 11 is 0. The van der Waals surface area contributed by atoms with E-state index in [0.29, 0.717) is 30.8 Å². The number of pyridine rings is 2. The van der Waals surface area contributed by atoms with Crippen LogP contribution in [0, 0.1) is 5.82 Å². The first-order valence-corrected chi connectivity index (χ1v) is 11.2. The molecule has 0 saturated carbocycles. The molecule has 1 aromatic carbocycles. The van der Waals surface area contributed by atoms with Crippen LogP contribution in [0.2, 0.25) is 0 Å². The van der Waals surface area contributed by atoms with Gasteiger partial charge in [-0.25, -0.2) is 19.0 Å². The fourth-order valence-corrected chi connectivity index (χ4v) is 4.03. The SMILES string of the molecule is CCn1cc(C(=O)C=Cc2ccc(=C=O)c(=C=O)c2)c(=O)c2cc(F)c(N3CCN(C)CC3)nc21. The Morgan fingerprint density at radius 1 is 1.11 bits per heavy atom. The zero-order valence-corrected chi connectivity index (χ0v) is 19.4. The maximum Gasteiger partial charge on any atom is 0.202 e. The smallest absolute Gasteiger partial charge is 0.202 e. The predicted octanol–water partition coefficient (Wildman–Crippen LogP) is 0.210. The molecule has 1 aliphatic heterocycles. The zero-order chi connectivity index (χ0) is 25.1. The van der Waals surface area contributed by atoms with Gasteiger partial charge in [-0.05, 0) is 43.8 Å². The molecule has 3 heterocycles. The molecule has 1 aliphatic rings. The molecule has 9 heteroatoms. The summed E-state index contributed by atoms with van der Waals surface area (Å²) < 4.78 is 16.7. The van der Waals surface area contributed by atoms with Gasteiger partial charge in [-0.15, -0.1) is 0 Å². The number of hydrogen-bond donors (Lipinski definition) is 0. The van der Waals surface area contributed by atoms with Crippen molar-refractivity contribution in [3.05, 3.63) is 74.1 Å². The minimum atomic E-state index is -0.608. The minimum Gasteiger partial charge on any atom is -0.352 e. The van der Waals surface area contributed by atoms with E-state index < -0.39 is 17.0 Å². The van der Waals surface area contributed by atoms with E-state index in [9.17, 15) is 19.2 Å². The van der Waals surface area contributed by atoms with E-state index in [4.69, 9.17) is 0 Å². The Balaban J connectivity index is 1.74. The largest absolute Gasteiger partial charge is 0.352 e. The number of allylic oxidation sites excluding steroid dienone is 1. The molecule has 178 valence electrons. The third-order valence-electron chi connectivity index (χ3n) is 6.08. The second kappa shape index (κ2) is 9.99. The van der Waals surface area contributed by atoms with Crippen molar-refractivity contribution in [1.82, 2.24) is 14.5 Å². The highest BCUT2D eigenvalue weighted by Gasteiger charge is 2.22. The molecule has 1 saturated heterocycles. The fraction of sp³-hybridized carbons (Fsp3) is 0.269. The van der Waals surface area contributed by atoms with Gasteiger partial charge in [0.25, 0.3) is 0 Å². The molecule has 0 radical (unpaired) electrons. The predicted molar refractivity (Wildman–Crippen MR) is 130 cm³/mol. The van der Waals surface area contributed by atoms with Crippen molar-refractivity contribution < 1.29 is 18.8 Å². The number of carbonyl (C=O) groups excluding carboxylic acids is 3. The third kappa shape index (κ3) is 4.74. The zero-order valence-electron chi connectivity index (χ0n) is 19.4. The molecule has 35 heavy (non-hydrogen) atoms. The molecule has 0 spiro atoms. The Labute approximate surface area is 199 Å². The molecular weight excluding hydrogens is 451 g/mol. The quantitative estimate of drug-likeness (QED) is 0.386. The van der Waals surface area contributed by atoms with Crippen LogP contribution in [0.3, 0.4) is 0 Å². The van der Waals surface area contributed by atoms with Gasteiger partial charge in [0, 0.05) is 38.9 Å². The summed E-state index contributed by atoms with van der Waals surface area (Å²) in [4.78, 5) is 56.4. The number of ketones is 1. The number of fused-ring (bicyclic) bond motifs is 1. The van der Waals surface area contributed by atoms with Crippen LogP contribution in [0.1, 0.15) is 22.8 Å². The number of aromatic nitrogens is 2. The van der Waals surface area contributed by atoms with Crippen LogP contribution in [-0.4, -0.2) is 65.3 Å². The molecule has 0 bridgehead atoms. The van der Waals surface area contributed by atoms with Crippen LogP contribution in [0.25, 0.3) is 17.1 Å². The maximum atomic E-state index is 15.0. The van der Waals surface area contributed by atoms with Gasteiger partial charge in [0.15, 0.2) is 17.4 Å². The Bertz CT molecular complexity index is 1580. The topological polar surface area (TPSA) is 92.6 Å². The van der Waals surface area contributed by atoms with Crippen LogP contribution in [-0.2, 0) is 16.1 Å². The van der Waals surface area contributed by atoms with E-state index in [-0.39, 0.29) is 27.2 Å². The Morgan fingerprint density at radius 3 is 2.49 bits per heavy atom. The lowest BCUT2D eigenvalue weighted by Crippen LogP contribution is -2.45. The number of anilines is 1. The number of nitrogens with zero attached hydrogens (tertiary/aromatic N) is 4. The maximum absolute atomic E-state index is 15.0. The number of benzene rings is 1. The second-order valence-electron chi connectivity index (χ2n) is 8.32. The number of hydrogen-bond acceptors (Lipinski definition) is 7. The van der Waals surface area contributed by atoms with Gasteiger partial charge in [0.05, 0.1) is 21.4 Å². The molecule has 1 fully saturated rings. The molecule has 0 unspecified atom stereocenters. The molecule has 0 atom stereocenters. The van der Waals surface area contributed by atoms with E-state index in [2.05, 4.69) is 9.88 Å². The highest BCUT2D eigenvalue weighted by molar-refractivity contribution is 6.08. The Hall–Kier alpha value is -4.16. The molecule has 8 nitrogen and oxygen atoms in total. The highest BCUT2D eigenvalue weighted by atomic mass is 19.1. The van der Waals surface area contributed by atoms with Crippen LogP contribution in [0.5, 0.6) is 0 Å². The van der Waals surface area contributed by atoms with E-state index in [1.54, 1.807) is 16.4 Å². The number of likely N-dealkylation sites (N-methyl/N-ethyl adjacent to an activating group) is 1. The average molecular weight is 474 g/mol. The first-order valence-electron chi connectivity index (χ1n) is 11.2. The number of carbonyl (C=O) groups is 1. The Morgan fingerprint density at radius 2 is 1.83 bits per heavy atom. The van der Waals surface area contributed by atoms with E-state index in [0.717, 1.165) is 19.2 Å². The van der Waals surface area contributed by atoms with Crippen molar-refractivity contribution in [3.63, 3.8) is 0 Å².